The number of aliphatic hydroxyl groups is 1. The van der Waals surface area contributed by atoms with E-state index in [0.29, 0.717) is 25.6 Å². The summed E-state index contributed by atoms with van der Waals surface area (Å²) in [7, 11) is 1.38. The molecule has 1 aromatic rings. The van der Waals surface area contributed by atoms with Crippen LogP contribution >= 0.6 is 0 Å². The van der Waals surface area contributed by atoms with Crippen LogP contribution < -0.4 is 10.6 Å². The molecule has 1 aromatic carbocycles. The summed E-state index contributed by atoms with van der Waals surface area (Å²) >= 11 is 0. The summed E-state index contributed by atoms with van der Waals surface area (Å²) in [6.07, 6.45) is 0.231. The minimum atomic E-state index is -1.01. The van der Waals surface area contributed by atoms with Crippen LogP contribution in [0.25, 0.3) is 0 Å². The van der Waals surface area contributed by atoms with Crippen LogP contribution in [0.15, 0.2) is 29.3 Å². The summed E-state index contributed by atoms with van der Waals surface area (Å²) in [6, 6.07) is 6.31. The van der Waals surface area contributed by atoms with Crippen molar-refractivity contribution in [2.75, 3.05) is 33.3 Å². The van der Waals surface area contributed by atoms with Crippen LogP contribution in [0.1, 0.15) is 31.4 Å². The molecule has 8 heteroatoms. The van der Waals surface area contributed by atoms with Gasteiger partial charge in [0.05, 0.1) is 13.7 Å². The van der Waals surface area contributed by atoms with Gasteiger partial charge in [-0.1, -0.05) is 18.2 Å². The van der Waals surface area contributed by atoms with E-state index in [9.17, 15) is 14.3 Å². The number of carbonyl (C=O) groups excluding carboxylic acids is 1. The standard InChI is InChI=1S/C18H27FN4O3/c1-3-20-17(21-12-16(24)14-6-4-5-7-15(14)19)22-13-8-10-23(11-9-13)18(25)26-2/h4-7,13,16,24H,3,8-12H2,1-2H3,(H2,20,21,22). The number of hydrogen-bond acceptors (Lipinski definition) is 4. The van der Waals surface area contributed by atoms with Gasteiger partial charge in [0.1, 0.15) is 11.9 Å². The van der Waals surface area contributed by atoms with Crippen molar-refractivity contribution < 1.29 is 19.0 Å². The fourth-order valence-corrected chi connectivity index (χ4v) is 2.87. The number of aliphatic imine (C=N–C) groups is 1. The zero-order valence-corrected chi connectivity index (χ0v) is 15.2. The average Bonchev–Trinajstić information content (AvgIpc) is 2.66. The van der Waals surface area contributed by atoms with E-state index >= 15 is 0 Å². The third-order valence-corrected chi connectivity index (χ3v) is 4.30. The highest BCUT2D eigenvalue weighted by Crippen LogP contribution is 2.17. The van der Waals surface area contributed by atoms with E-state index in [4.69, 9.17) is 4.74 Å². The monoisotopic (exact) mass is 366 g/mol. The molecule has 0 aliphatic carbocycles. The second kappa shape index (κ2) is 9.96. The Kier molecular flexibility index (Phi) is 7.65. The first-order valence-corrected chi connectivity index (χ1v) is 8.85. The smallest absolute Gasteiger partial charge is 0.409 e. The highest BCUT2D eigenvalue weighted by Gasteiger charge is 2.23. The lowest BCUT2D eigenvalue weighted by Gasteiger charge is -2.32. The molecule has 0 spiro atoms. The maximum absolute atomic E-state index is 13.7. The lowest BCUT2D eigenvalue weighted by atomic mass is 10.1. The molecule has 1 saturated heterocycles. The Morgan fingerprint density at radius 2 is 2.12 bits per heavy atom. The van der Waals surface area contributed by atoms with Crippen molar-refractivity contribution in [3.8, 4) is 0 Å². The summed E-state index contributed by atoms with van der Waals surface area (Å²) in [5.41, 5.74) is 0.235. The SMILES string of the molecule is CCNC(=NCC(O)c1ccccc1F)NC1CCN(C(=O)OC)CC1. The van der Waals surface area contributed by atoms with E-state index in [-0.39, 0.29) is 24.2 Å². The first kappa shape index (κ1) is 20.0. The first-order chi connectivity index (χ1) is 12.5. The molecule has 3 N–H and O–H groups in total. The van der Waals surface area contributed by atoms with Crippen molar-refractivity contribution in [2.45, 2.75) is 31.9 Å². The highest BCUT2D eigenvalue weighted by molar-refractivity contribution is 5.80. The molecule has 144 valence electrons. The number of aliphatic hydroxyl groups excluding tert-OH is 1. The summed E-state index contributed by atoms with van der Waals surface area (Å²) in [4.78, 5) is 17.6. The predicted molar refractivity (Wildman–Crippen MR) is 97.5 cm³/mol. The molecule has 1 amide bonds. The lowest BCUT2D eigenvalue weighted by molar-refractivity contribution is 0.111. The number of methoxy groups -OCH3 is 1. The number of likely N-dealkylation sites (tertiary alicyclic amines) is 1. The maximum atomic E-state index is 13.7. The van der Waals surface area contributed by atoms with Crippen LogP contribution in [0.5, 0.6) is 0 Å². The Labute approximate surface area is 153 Å². The normalized spacial score (nSPS) is 16.9. The van der Waals surface area contributed by atoms with E-state index < -0.39 is 11.9 Å². The van der Waals surface area contributed by atoms with E-state index in [0.717, 1.165) is 12.8 Å². The number of ether oxygens (including phenoxy) is 1. The second-order valence-corrected chi connectivity index (χ2v) is 6.13. The zero-order chi connectivity index (χ0) is 18.9. The van der Waals surface area contributed by atoms with E-state index in [2.05, 4.69) is 15.6 Å². The van der Waals surface area contributed by atoms with Crippen molar-refractivity contribution in [1.29, 1.82) is 0 Å². The Bertz CT molecular complexity index is 618. The fraction of sp³-hybridized carbons (Fsp3) is 0.556. The van der Waals surface area contributed by atoms with Gasteiger partial charge in [0.2, 0.25) is 0 Å². The van der Waals surface area contributed by atoms with Gasteiger partial charge in [-0.25, -0.2) is 9.18 Å². The second-order valence-electron chi connectivity index (χ2n) is 6.13. The molecule has 0 radical (unpaired) electrons. The van der Waals surface area contributed by atoms with Gasteiger partial charge >= 0.3 is 6.09 Å². The van der Waals surface area contributed by atoms with E-state index in [1.54, 1.807) is 23.1 Å². The van der Waals surface area contributed by atoms with Crippen molar-refractivity contribution in [2.24, 2.45) is 4.99 Å². The summed E-state index contributed by atoms with van der Waals surface area (Å²) in [5, 5.41) is 16.6. The average molecular weight is 366 g/mol. The number of benzene rings is 1. The molecule has 0 bridgehead atoms. The minimum Gasteiger partial charge on any atom is -0.453 e. The number of nitrogens with zero attached hydrogens (tertiary/aromatic N) is 2. The van der Waals surface area contributed by atoms with Gasteiger partial charge in [-0.15, -0.1) is 0 Å². The molecule has 0 aromatic heterocycles. The van der Waals surface area contributed by atoms with Gasteiger partial charge in [0.15, 0.2) is 5.96 Å². The van der Waals surface area contributed by atoms with Gasteiger partial charge in [0, 0.05) is 31.2 Å². The molecule has 1 fully saturated rings. The number of hydrogen-bond donors (Lipinski definition) is 3. The number of halogens is 1. The Morgan fingerprint density at radius 3 is 2.73 bits per heavy atom. The van der Waals surface area contributed by atoms with E-state index in [1.165, 1.54) is 13.2 Å². The van der Waals surface area contributed by atoms with Crippen molar-refractivity contribution in [3.05, 3.63) is 35.6 Å². The van der Waals surface area contributed by atoms with Gasteiger partial charge in [-0.3, -0.25) is 4.99 Å². The van der Waals surface area contributed by atoms with Crippen molar-refractivity contribution >= 4 is 12.1 Å². The lowest BCUT2D eigenvalue weighted by Crippen LogP contribution is -2.49. The number of nitrogens with one attached hydrogen (secondary N) is 2. The third-order valence-electron chi connectivity index (χ3n) is 4.30. The zero-order valence-electron chi connectivity index (χ0n) is 15.2. The van der Waals surface area contributed by atoms with Crippen molar-refractivity contribution in [1.82, 2.24) is 15.5 Å². The van der Waals surface area contributed by atoms with Crippen LogP contribution in [0.3, 0.4) is 0 Å². The Hall–Kier alpha value is -2.35. The molecule has 1 heterocycles. The number of piperidine rings is 1. The molecule has 0 saturated carbocycles. The van der Waals surface area contributed by atoms with Crippen LogP contribution in [0.2, 0.25) is 0 Å². The van der Waals surface area contributed by atoms with Gasteiger partial charge in [0.25, 0.3) is 0 Å². The van der Waals surface area contributed by atoms with Crippen LogP contribution in [0, 0.1) is 5.82 Å². The van der Waals surface area contributed by atoms with Gasteiger partial charge in [-0.05, 0) is 25.8 Å². The fourth-order valence-electron chi connectivity index (χ4n) is 2.87. The number of carbonyl (C=O) groups is 1. The molecular weight excluding hydrogens is 339 g/mol. The van der Waals surface area contributed by atoms with Crippen LogP contribution in [-0.2, 0) is 4.74 Å². The first-order valence-electron chi connectivity index (χ1n) is 8.85. The molecule has 1 unspecified atom stereocenters. The minimum absolute atomic E-state index is 0.0528. The van der Waals surface area contributed by atoms with Crippen LogP contribution in [0.4, 0.5) is 9.18 Å². The summed E-state index contributed by atoms with van der Waals surface area (Å²) in [5.74, 6) is 0.128. The third kappa shape index (κ3) is 5.59. The molecule has 2 rings (SSSR count). The Morgan fingerprint density at radius 1 is 1.42 bits per heavy atom. The summed E-state index contributed by atoms with van der Waals surface area (Å²) < 4.78 is 18.5. The number of guanidine groups is 1. The molecule has 1 aliphatic rings. The largest absolute Gasteiger partial charge is 0.453 e. The van der Waals surface area contributed by atoms with Gasteiger partial charge in [-0.2, -0.15) is 0 Å². The van der Waals surface area contributed by atoms with Crippen LogP contribution in [-0.4, -0.2) is 61.4 Å². The number of rotatable bonds is 5. The topological polar surface area (TPSA) is 86.2 Å². The number of amides is 1. The van der Waals surface area contributed by atoms with Crippen molar-refractivity contribution in [3.63, 3.8) is 0 Å². The molecule has 1 atom stereocenters. The summed E-state index contributed by atoms with van der Waals surface area (Å²) in [6.45, 7) is 3.90. The highest BCUT2D eigenvalue weighted by atomic mass is 19.1. The van der Waals surface area contributed by atoms with Gasteiger partial charge < -0.3 is 25.4 Å². The predicted octanol–water partition coefficient (Wildman–Crippen LogP) is 1.65. The quantitative estimate of drug-likeness (QED) is 0.545. The molecule has 7 nitrogen and oxygen atoms in total. The molecular formula is C18H27FN4O3. The Balaban J connectivity index is 1.91. The molecule has 26 heavy (non-hydrogen) atoms. The maximum Gasteiger partial charge on any atom is 0.409 e. The van der Waals surface area contributed by atoms with E-state index in [1.807, 2.05) is 6.92 Å². The molecule has 1 aliphatic heterocycles.